The summed E-state index contributed by atoms with van der Waals surface area (Å²) in [5.74, 6) is 0. The number of hydrogen-bond donors (Lipinski definition) is 2. The Balaban J connectivity index is 1.87. The van der Waals surface area contributed by atoms with E-state index in [0.717, 1.165) is 19.5 Å². The predicted octanol–water partition coefficient (Wildman–Crippen LogP) is 2.72. The number of aromatic nitrogens is 1. The zero-order chi connectivity index (χ0) is 12.1. The molecular weight excluding hydrogens is 230 g/mol. The first-order valence-electron chi connectivity index (χ1n) is 6.61. The summed E-state index contributed by atoms with van der Waals surface area (Å²) in [6, 6.07) is 0.413. The largest absolute Gasteiger partial charge is 0.310 e. The molecule has 2 unspecified atom stereocenters. The Labute approximate surface area is 108 Å². The molecule has 2 heterocycles. The highest BCUT2D eigenvalue weighted by atomic mass is 32.1. The molecule has 0 saturated carbocycles. The van der Waals surface area contributed by atoms with Crippen molar-refractivity contribution in [3.63, 3.8) is 0 Å². The Morgan fingerprint density at radius 3 is 3.06 bits per heavy atom. The summed E-state index contributed by atoms with van der Waals surface area (Å²) in [5, 5.41) is 10.6. The van der Waals surface area contributed by atoms with Gasteiger partial charge in [-0.15, -0.1) is 11.3 Å². The highest BCUT2D eigenvalue weighted by molar-refractivity contribution is 7.09. The summed E-state index contributed by atoms with van der Waals surface area (Å²) in [4.78, 5) is 4.41. The summed E-state index contributed by atoms with van der Waals surface area (Å²) in [6.45, 7) is 6.74. The Bertz CT molecular complexity index is 317. The third-order valence-electron chi connectivity index (χ3n) is 3.60. The molecular formula is C13H23N3S. The number of rotatable bonds is 5. The predicted molar refractivity (Wildman–Crippen MR) is 73.4 cm³/mol. The molecule has 1 saturated heterocycles. The minimum atomic E-state index is 0.267. The Morgan fingerprint density at radius 1 is 1.59 bits per heavy atom. The first-order valence-corrected chi connectivity index (χ1v) is 7.49. The van der Waals surface area contributed by atoms with Crippen molar-refractivity contribution in [1.82, 2.24) is 15.6 Å². The van der Waals surface area contributed by atoms with Crippen LogP contribution < -0.4 is 10.6 Å². The summed E-state index contributed by atoms with van der Waals surface area (Å²) in [5.41, 5.74) is 0.267. The van der Waals surface area contributed by atoms with Gasteiger partial charge in [0.2, 0.25) is 0 Å². The number of piperidine rings is 1. The maximum atomic E-state index is 4.41. The minimum absolute atomic E-state index is 0.267. The van der Waals surface area contributed by atoms with E-state index in [-0.39, 0.29) is 5.54 Å². The van der Waals surface area contributed by atoms with Crippen LogP contribution in [0.3, 0.4) is 0 Å². The van der Waals surface area contributed by atoms with Crippen molar-refractivity contribution in [3.8, 4) is 0 Å². The molecule has 4 heteroatoms. The molecule has 1 aliphatic heterocycles. The lowest BCUT2D eigenvalue weighted by Gasteiger charge is -2.36. The highest BCUT2D eigenvalue weighted by Gasteiger charge is 2.27. The van der Waals surface area contributed by atoms with Crippen LogP contribution in [0, 0.1) is 0 Å². The van der Waals surface area contributed by atoms with Crippen molar-refractivity contribution in [3.05, 3.63) is 16.6 Å². The van der Waals surface area contributed by atoms with Crippen molar-refractivity contribution in [2.45, 2.75) is 51.1 Å². The molecule has 2 atom stereocenters. The van der Waals surface area contributed by atoms with Crippen LogP contribution in [0.4, 0.5) is 0 Å². The molecule has 1 fully saturated rings. The molecule has 0 aromatic carbocycles. The maximum Gasteiger partial charge on any atom is 0.109 e. The maximum absolute atomic E-state index is 4.41. The number of nitrogens with one attached hydrogen (secondary N) is 2. The summed E-state index contributed by atoms with van der Waals surface area (Å²) in [6.07, 6.45) is 6.93. The van der Waals surface area contributed by atoms with Crippen LogP contribution in [0.2, 0.25) is 0 Å². The third kappa shape index (κ3) is 3.50. The van der Waals surface area contributed by atoms with E-state index in [1.807, 2.05) is 6.20 Å². The topological polar surface area (TPSA) is 37.0 Å². The van der Waals surface area contributed by atoms with E-state index < -0.39 is 0 Å². The van der Waals surface area contributed by atoms with Gasteiger partial charge in [0.1, 0.15) is 5.01 Å². The summed E-state index contributed by atoms with van der Waals surface area (Å²) >= 11 is 1.75. The van der Waals surface area contributed by atoms with Crippen LogP contribution >= 0.6 is 11.3 Å². The summed E-state index contributed by atoms with van der Waals surface area (Å²) in [7, 11) is 0. The molecule has 0 radical (unpaired) electrons. The van der Waals surface area contributed by atoms with Crippen LogP contribution in [0.1, 0.15) is 50.6 Å². The fraction of sp³-hybridized carbons (Fsp3) is 0.769. The fourth-order valence-corrected chi connectivity index (χ4v) is 3.23. The van der Waals surface area contributed by atoms with Gasteiger partial charge < -0.3 is 10.6 Å². The lowest BCUT2D eigenvalue weighted by molar-refractivity contribution is 0.256. The molecule has 1 aromatic heterocycles. The first kappa shape index (κ1) is 13.0. The Hall–Kier alpha value is -0.450. The normalized spacial score (nSPS) is 26.9. The Morgan fingerprint density at radius 2 is 2.47 bits per heavy atom. The van der Waals surface area contributed by atoms with Gasteiger partial charge in [-0.25, -0.2) is 4.98 Å². The van der Waals surface area contributed by atoms with Crippen molar-refractivity contribution >= 4 is 11.3 Å². The molecule has 0 aliphatic carbocycles. The third-order valence-corrected chi connectivity index (χ3v) is 4.49. The second-order valence-corrected chi connectivity index (χ2v) is 6.08. The lowest BCUT2D eigenvalue weighted by Crippen LogP contribution is -2.53. The highest BCUT2D eigenvalue weighted by Crippen LogP contribution is 2.22. The van der Waals surface area contributed by atoms with E-state index in [1.165, 1.54) is 24.3 Å². The van der Waals surface area contributed by atoms with E-state index in [0.29, 0.717) is 6.04 Å². The molecule has 2 rings (SSSR count). The molecule has 0 bridgehead atoms. The minimum Gasteiger partial charge on any atom is -0.310 e. The van der Waals surface area contributed by atoms with Crippen LogP contribution in [0.25, 0.3) is 0 Å². The fourth-order valence-electron chi connectivity index (χ4n) is 2.43. The average Bonchev–Trinajstić information content (AvgIpc) is 2.84. The molecule has 96 valence electrons. The van der Waals surface area contributed by atoms with Gasteiger partial charge in [-0.05, 0) is 32.7 Å². The van der Waals surface area contributed by atoms with Gasteiger partial charge in [0.05, 0.1) is 6.04 Å². The van der Waals surface area contributed by atoms with Crippen LogP contribution in [0.15, 0.2) is 11.6 Å². The van der Waals surface area contributed by atoms with Gasteiger partial charge in [-0.3, -0.25) is 0 Å². The van der Waals surface area contributed by atoms with Crippen LogP contribution in [-0.2, 0) is 0 Å². The van der Waals surface area contributed by atoms with E-state index in [9.17, 15) is 0 Å². The van der Waals surface area contributed by atoms with Gasteiger partial charge in [-0.2, -0.15) is 0 Å². The van der Waals surface area contributed by atoms with Gasteiger partial charge in [0.25, 0.3) is 0 Å². The molecule has 0 amide bonds. The first-order chi connectivity index (χ1) is 8.23. The zero-order valence-corrected chi connectivity index (χ0v) is 11.6. The van der Waals surface area contributed by atoms with Crippen molar-refractivity contribution < 1.29 is 0 Å². The van der Waals surface area contributed by atoms with E-state index in [2.05, 4.69) is 34.8 Å². The van der Waals surface area contributed by atoms with Gasteiger partial charge >= 0.3 is 0 Å². The smallest absolute Gasteiger partial charge is 0.109 e. The van der Waals surface area contributed by atoms with Crippen molar-refractivity contribution in [1.29, 1.82) is 0 Å². The van der Waals surface area contributed by atoms with Gasteiger partial charge in [0.15, 0.2) is 0 Å². The lowest BCUT2D eigenvalue weighted by atomic mass is 9.90. The zero-order valence-electron chi connectivity index (χ0n) is 10.8. The second-order valence-electron chi connectivity index (χ2n) is 5.16. The second kappa shape index (κ2) is 5.94. The Kier molecular flexibility index (Phi) is 4.54. The van der Waals surface area contributed by atoms with Gasteiger partial charge in [0, 0.05) is 23.7 Å². The number of thiazole rings is 1. The summed E-state index contributed by atoms with van der Waals surface area (Å²) < 4.78 is 0. The van der Waals surface area contributed by atoms with E-state index >= 15 is 0 Å². The van der Waals surface area contributed by atoms with E-state index in [1.54, 1.807) is 11.3 Å². The van der Waals surface area contributed by atoms with Crippen LogP contribution in [-0.4, -0.2) is 23.6 Å². The molecule has 1 aliphatic rings. The number of hydrogen-bond acceptors (Lipinski definition) is 4. The van der Waals surface area contributed by atoms with Crippen LogP contribution in [0.5, 0.6) is 0 Å². The number of nitrogens with zero attached hydrogens (tertiary/aromatic N) is 1. The van der Waals surface area contributed by atoms with Crippen molar-refractivity contribution in [2.24, 2.45) is 0 Å². The molecule has 0 spiro atoms. The van der Waals surface area contributed by atoms with Crippen molar-refractivity contribution in [2.75, 3.05) is 13.1 Å². The molecule has 17 heavy (non-hydrogen) atoms. The quantitative estimate of drug-likeness (QED) is 0.847. The monoisotopic (exact) mass is 253 g/mol. The van der Waals surface area contributed by atoms with E-state index in [4.69, 9.17) is 0 Å². The molecule has 1 aromatic rings. The molecule has 2 N–H and O–H groups in total. The average molecular weight is 253 g/mol. The SMILES string of the molecule is CCC(NCC1(C)CCCCN1)c1nccs1. The molecule has 3 nitrogen and oxygen atoms in total. The van der Waals surface area contributed by atoms with Gasteiger partial charge in [-0.1, -0.05) is 13.3 Å². The standard InChI is InChI=1S/C13H23N3S/c1-3-11(12-14-8-9-17-12)15-10-13(2)6-4-5-7-16-13/h8-9,11,15-16H,3-7,10H2,1-2H3.